The van der Waals surface area contributed by atoms with Crippen LogP contribution in [0.1, 0.15) is 60.3 Å². The molecule has 5 aliphatic rings. The zero-order valence-electron chi connectivity index (χ0n) is 26.9. The molecule has 8 unspecified atom stereocenters. The fourth-order valence-electron chi connectivity index (χ4n) is 7.98. The van der Waals surface area contributed by atoms with Gasteiger partial charge in [-0.2, -0.15) is 5.11 Å². The summed E-state index contributed by atoms with van der Waals surface area (Å²) in [5.41, 5.74) is 3.75. The van der Waals surface area contributed by atoms with Crippen molar-refractivity contribution >= 4 is 11.9 Å². The van der Waals surface area contributed by atoms with Crippen molar-refractivity contribution in [2.24, 2.45) is 22.2 Å². The van der Waals surface area contributed by atoms with Crippen LogP contribution in [0.5, 0.6) is 0 Å². The first-order valence-corrected chi connectivity index (χ1v) is 16.5. The predicted octanol–water partition coefficient (Wildman–Crippen LogP) is 2.51. The second-order valence-corrected chi connectivity index (χ2v) is 13.3. The van der Waals surface area contributed by atoms with Gasteiger partial charge in [0.1, 0.15) is 6.17 Å². The van der Waals surface area contributed by atoms with E-state index < -0.39 is 24.5 Å². The number of halogens is 1. The molecule has 4 N–H and O–H groups in total. The van der Waals surface area contributed by atoms with Crippen LogP contribution in [0.2, 0.25) is 0 Å². The van der Waals surface area contributed by atoms with Gasteiger partial charge in [-0.05, 0) is 63.6 Å². The Labute approximate surface area is 261 Å². The Morgan fingerprint density at radius 2 is 2.05 bits per heavy atom. The second-order valence-electron chi connectivity index (χ2n) is 13.3. The molecule has 0 spiro atoms. The van der Waals surface area contributed by atoms with Crippen molar-refractivity contribution in [3.8, 4) is 0 Å². The average molecular weight is 618 g/mol. The summed E-state index contributed by atoms with van der Waals surface area (Å²) in [4.78, 5) is 33.0. The van der Waals surface area contributed by atoms with Crippen LogP contribution in [0.3, 0.4) is 0 Å². The van der Waals surface area contributed by atoms with E-state index in [2.05, 4.69) is 64.0 Å². The van der Waals surface area contributed by atoms with Crippen molar-refractivity contribution in [2.75, 3.05) is 32.8 Å². The lowest BCUT2D eigenvalue weighted by Crippen LogP contribution is -2.80. The van der Waals surface area contributed by atoms with Gasteiger partial charge in [-0.3, -0.25) is 20.4 Å². The molecule has 0 saturated carbocycles. The number of fused-ring (bicyclic) bond motifs is 3. The van der Waals surface area contributed by atoms with Crippen molar-refractivity contribution < 1.29 is 18.7 Å². The van der Waals surface area contributed by atoms with Gasteiger partial charge in [0, 0.05) is 49.9 Å². The Bertz CT molecular complexity index is 1110. The Kier molecular flexibility index (Phi) is 10.6. The van der Waals surface area contributed by atoms with Crippen molar-refractivity contribution in [3.05, 3.63) is 24.4 Å². The molecule has 12 nitrogen and oxygen atoms in total. The van der Waals surface area contributed by atoms with E-state index in [-0.39, 0.29) is 60.5 Å². The van der Waals surface area contributed by atoms with E-state index in [0.717, 1.165) is 18.5 Å². The molecule has 0 aliphatic carbocycles. The van der Waals surface area contributed by atoms with Gasteiger partial charge in [0.25, 0.3) is 0 Å². The summed E-state index contributed by atoms with van der Waals surface area (Å²) < 4.78 is 22.9. The quantitative estimate of drug-likeness (QED) is 0.357. The molecule has 0 radical (unpaired) electrons. The fraction of sp³-hybridized carbons (Fsp3) is 0.806. The number of ether oxygens (including phenoxy) is 1. The Morgan fingerprint density at radius 1 is 1.25 bits per heavy atom. The molecule has 0 aromatic carbocycles. The van der Waals surface area contributed by atoms with Gasteiger partial charge in [0.05, 0.1) is 37.1 Å². The summed E-state index contributed by atoms with van der Waals surface area (Å²) in [6, 6.07) is -1.13. The monoisotopic (exact) mass is 617 g/mol. The molecule has 44 heavy (non-hydrogen) atoms. The number of piperidine rings is 2. The summed E-state index contributed by atoms with van der Waals surface area (Å²) in [6.07, 6.45) is 3.29. The van der Waals surface area contributed by atoms with E-state index >= 15 is 4.39 Å². The van der Waals surface area contributed by atoms with E-state index in [1.165, 1.54) is 6.08 Å². The first kappa shape index (κ1) is 32.8. The van der Waals surface area contributed by atoms with Crippen molar-refractivity contribution in [2.45, 2.75) is 115 Å². The fourth-order valence-corrected chi connectivity index (χ4v) is 7.98. The van der Waals surface area contributed by atoms with Gasteiger partial charge in [0.2, 0.25) is 5.91 Å². The number of rotatable bonds is 4. The minimum Gasteiger partial charge on any atom is -0.376 e. The minimum atomic E-state index is -1.18. The summed E-state index contributed by atoms with van der Waals surface area (Å²) in [6.45, 7) is 17.0. The highest BCUT2D eigenvalue weighted by atomic mass is 19.1. The molecule has 4 saturated heterocycles. The standard InChI is InChI=1S/C31H52FN9O3/c1-7-21-15-35-38-34-11-9-13-44-24-10-12-33-26(18(3)4)28(24)41-30-22(14-23(32)27(21)36-30)29(37-31(41)43)40-17-19(5)39(16-20(40)6)25(42)8-2/h8,15,18-20,22-24,26-30,33,36H,2,7,9-14,16-17H2,1,3-6H3,(H,34,35)(H,37,43)/b21-15+/t19-,20+,22?,23?,24?,26?,27?,28?,29?,30?/m1/s1. The lowest BCUT2D eigenvalue weighted by atomic mass is 9.79. The topological polar surface area (TPSA) is 126 Å². The highest BCUT2D eigenvalue weighted by molar-refractivity contribution is 5.87. The first-order valence-electron chi connectivity index (χ1n) is 16.5. The predicted molar refractivity (Wildman–Crippen MR) is 166 cm³/mol. The number of carbonyl (C=O) groups excluding carboxylic acids is 2. The van der Waals surface area contributed by atoms with Crippen LogP contribution in [0.4, 0.5) is 9.18 Å². The van der Waals surface area contributed by atoms with Gasteiger partial charge >= 0.3 is 6.03 Å². The number of amides is 3. The molecular weight excluding hydrogens is 565 g/mol. The summed E-state index contributed by atoms with van der Waals surface area (Å²) in [7, 11) is 0. The third kappa shape index (κ3) is 6.52. The Balaban J connectivity index is 1.54. The van der Waals surface area contributed by atoms with Crippen LogP contribution in [0.15, 0.2) is 34.8 Å². The lowest BCUT2D eigenvalue weighted by molar-refractivity contribution is -0.136. The van der Waals surface area contributed by atoms with E-state index in [0.29, 0.717) is 39.1 Å². The van der Waals surface area contributed by atoms with Gasteiger partial charge in [-0.25, -0.2) is 9.18 Å². The summed E-state index contributed by atoms with van der Waals surface area (Å²) >= 11 is 0. The average Bonchev–Trinajstić information content (AvgIpc) is 3.01. The number of carbonyl (C=O) groups is 2. The number of hydrogen-bond donors (Lipinski definition) is 4. The molecule has 13 heteroatoms. The number of urea groups is 1. The van der Waals surface area contributed by atoms with E-state index in [9.17, 15) is 9.59 Å². The van der Waals surface area contributed by atoms with E-state index in [1.54, 1.807) is 6.20 Å². The number of nitrogens with one attached hydrogen (secondary N) is 4. The molecule has 3 amide bonds. The van der Waals surface area contributed by atoms with E-state index in [4.69, 9.17) is 4.74 Å². The maximum atomic E-state index is 16.3. The SMILES string of the molecule is C=CC(=O)N1C[C@H](C)N(C2NC(=O)N3C4NC(/C(CC)=C/NN=NCCCOC5CCNC(C(C)C)C53)C(F)CC42)C[C@H]1C. The van der Waals surface area contributed by atoms with Gasteiger partial charge < -0.3 is 25.2 Å². The first-order chi connectivity index (χ1) is 21.2. The molecule has 2 bridgehead atoms. The normalized spacial score (nSPS) is 40.1. The van der Waals surface area contributed by atoms with Crippen molar-refractivity contribution in [1.82, 2.24) is 36.1 Å². The molecule has 0 aromatic heterocycles. The molecule has 5 rings (SSSR count). The number of hydrogen-bond acceptors (Lipinski definition) is 9. The van der Waals surface area contributed by atoms with Crippen LogP contribution < -0.4 is 21.4 Å². The highest BCUT2D eigenvalue weighted by Gasteiger charge is 2.56. The third-order valence-electron chi connectivity index (χ3n) is 10.2. The lowest BCUT2D eigenvalue weighted by Gasteiger charge is -2.59. The molecule has 5 aliphatic heterocycles. The maximum Gasteiger partial charge on any atom is 0.320 e. The van der Waals surface area contributed by atoms with E-state index in [1.807, 2.05) is 23.6 Å². The number of alkyl halides is 1. The largest absolute Gasteiger partial charge is 0.376 e. The molecule has 0 aromatic rings. The third-order valence-corrected chi connectivity index (χ3v) is 10.2. The zero-order valence-corrected chi connectivity index (χ0v) is 26.9. The Hall–Kier alpha value is -2.61. The summed E-state index contributed by atoms with van der Waals surface area (Å²) in [5, 5.41) is 19.0. The van der Waals surface area contributed by atoms with Gasteiger partial charge in [-0.15, -0.1) is 0 Å². The Morgan fingerprint density at radius 3 is 2.77 bits per heavy atom. The van der Waals surface area contributed by atoms with Crippen molar-refractivity contribution in [1.29, 1.82) is 0 Å². The highest BCUT2D eigenvalue weighted by Crippen LogP contribution is 2.39. The van der Waals surface area contributed by atoms with Gasteiger partial charge in [0.15, 0.2) is 0 Å². The smallest absolute Gasteiger partial charge is 0.320 e. The number of piperazine rings is 1. The van der Waals surface area contributed by atoms with Crippen LogP contribution in [-0.2, 0) is 9.53 Å². The molecule has 10 atom stereocenters. The molecule has 4 fully saturated rings. The second kappa shape index (κ2) is 14.2. The molecule has 246 valence electrons. The van der Waals surface area contributed by atoms with Crippen molar-refractivity contribution in [3.63, 3.8) is 0 Å². The number of nitrogens with zero attached hydrogens (tertiary/aromatic N) is 5. The van der Waals surface area contributed by atoms with Crippen LogP contribution in [-0.4, -0.2) is 114 Å². The van der Waals surface area contributed by atoms with Gasteiger partial charge in [-0.1, -0.05) is 32.6 Å². The summed E-state index contributed by atoms with van der Waals surface area (Å²) in [5.74, 6) is -0.100. The zero-order chi connectivity index (χ0) is 31.5. The molecule has 5 heterocycles. The maximum absolute atomic E-state index is 16.3. The minimum absolute atomic E-state index is 0.00526. The van der Waals surface area contributed by atoms with Crippen LogP contribution in [0, 0.1) is 11.8 Å². The van der Waals surface area contributed by atoms with Crippen LogP contribution >= 0.6 is 0 Å². The van der Waals surface area contributed by atoms with Crippen LogP contribution in [0.25, 0.3) is 0 Å². The molecular formula is C31H52FN9O3.